The maximum Gasteiger partial charge on any atom is 0.0729 e. The van der Waals surface area contributed by atoms with Crippen LogP contribution < -0.4 is 4.90 Å². The van der Waals surface area contributed by atoms with Gasteiger partial charge in [-0.05, 0) is 36.1 Å². The largest absolute Gasteiger partial charge is 0.371 e. The maximum atomic E-state index is 4.29. The summed E-state index contributed by atoms with van der Waals surface area (Å²) in [5.41, 5.74) is 5.45. The van der Waals surface area contributed by atoms with Crippen molar-refractivity contribution in [2.75, 3.05) is 18.5 Å². The van der Waals surface area contributed by atoms with Crippen molar-refractivity contribution in [1.82, 2.24) is 9.55 Å². The lowest BCUT2D eigenvalue weighted by Gasteiger charge is -2.27. The quantitative estimate of drug-likeness (QED) is 0.485. The fourth-order valence-corrected chi connectivity index (χ4v) is 4.02. The van der Waals surface area contributed by atoms with E-state index in [2.05, 4.69) is 58.8 Å². The van der Waals surface area contributed by atoms with Gasteiger partial charge in [0.25, 0.3) is 0 Å². The minimum atomic E-state index is 1.05. The highest BCUT2D eigenvalue weighted by molar-refractivity contribution is 6.17. The van der Waals surface area contributed by atoms with Gasteiger partial charge in [-0.25, -0.2) is 0 Å². The summed E-state index contributed by atoms with van der Waals surface area (Å²) in [7, 11) is 2.18. The molecule has 1 aliphatic rings. The number of fused-ring (bicyclic) bond motifs is 4. The Bertz CT molecular complexity index is 1060. The van der Waals surface area contributed by atoms with Crippen LogP contribution >= 0.6 is 0 Å². The molecular weight excluding hydrogens is 270 g/mol. The Kier molecular flexibility index (Phi) is 2.19. The van der Waals surface area contributed by atoms with Gasteiger partial charge in [0.1, 0.15) is 0 Å². The third-order valence-corrected chi connectivity index (χ3v) is 5.08. The zero-order valence-electron chi connectivity index (χ0n) is 12.8. The predicted molar refractivity (Wildman–Crippen MR) is 92.8 cm³/mol. The fourth-order valence-electron chi connectivity index (χ4n) is 4.02. The van der Waals surface area contributed by atoms with Crippen molar-refractivity contribution in [2.24, 2.45) is 0 Å². The minimum absolute atomic E-state index is 1.05. The Morgan fingerprint density at radius 2 is 1.91 bits per heavy atom. The van der Waals surface area contributed by atoms with Crippen LogP contribution in [0.3, 0.4) is 0 Å². The molecule has 3 nitrogen and oxygen atoms in total. The number of likely N-dealkylation sites (N-methyl/N-ethyl adjacent to an activating group) is 1. The van der Waals surface area contributed by atoms with E-state index in [0.29, 0.717) is 0 Å². The molecule has 4 aromatic rings. The predicted octanol–water partition coefficient (Wildman–Crippen LogP) is 4.10. The van der Waals surface area contributed by atoms with Gasteiger partial charge in [0.2, 0.25) is 0 Å². The summed E-state index contributed by atoms with van der Waals surface area (Å²) in [5.74, 6) is 0. The van der Waals surface area contributed by atoms with Crippen LogP contribution in [0.25, 0.3) is 32.6 Å². The van der Waals surface area contributed by atoms with E-state index in [9.17, 15) is 0 Å². The van der Waals surface area contributed by atoms with Gasteiger partial charge in [-0.1, -0.05) is 12.1 Å². The zero-order valence-corrected chi connectivity index (χ0v) is 12.8. The molecule has 0 saturated carbocycles. The summed E-state index contributed by atoms with van der Waals surface area (Å²) in [6.07, 6.45) is 3.86. The summed E-state index contributed by atoms with van der Waals surface area (Å²) >= 11 is 0. The van der Waals surface area contributed by atoms with Crippen molar-refractivity contribution in [3.05, 3.63) is 48.3 Å². The first-order chi connectivity index (χ1) is 10.8. The molecule has 2 aromatic heterocycles. The molecule has 0 saturated heterocycles. The second kappa shape index (κ2) is 4.01. The van der Waals surface area contributed by atoms with Crippen molar-refractivity contribution in [3.63, 3.8) is 0 Å². The molecule has 0 N–H and O–H groups in total. The van der Waals surface area contributed by atoms with Crippen LogP contribution in [-0.4, -0.2) is 23.1 Å². The summed E-state index contributed by atoms with van der Waals surface area (Å²) < 4.78 is 2.51. The number of para-hydroxylation sites is 1. The second-order valence-electron chi connectivity index (χ2n) is 6.24. The smallest absolute Gasteiger partial charge is 0.0729 e. The van der Waals surface area contributed by atoms with E-state index in [1.165, 1.54) is 43.8 Å². The third-order valence-electron chi connectivity index (χ3n) is 5.08. The highest BCUT2D eigenvalue weighted by Crippen LogP contribution is 2.40. The monoisotopic (exact) mass is 287 g/mol. The Labute approximate surface area is 128 Å². The molecule has 22 heavy (non-hydrogen) atoms. The van der Waals surface area contributed by atoms with E-state index in [1.807, 2.05) is 12.4 Å². The lowest BCUT2D eigenvalue weighted by atomic mass is 10.0. The van der Waals surface area contributed by atoms with Gasteiger partial charge >= 0.3 is 0 Å². The molecule has 5 rings (SSSR count). The first-order valence-corrected chi connectivity index (χ1v) is 7.75. The molecule has 2 aromatic carbocycles. The molecule has 3 heterocycles. The number of pyridine rings is 1. The number of rotatable bonds is 0. The van der Waals surface area contributed by atoms with Crippen LogP contribution in [0.15, 0.2) is 42.7 Å². The van der Waals surface area contributed by atoms with E-state index in [0.717, 1.165) is 13.1 Å². The molecule has 0 atom stereocenters. The summed E-state index contributed by atoms with van der Waals surface area (Å²) in [6, 6.07) is 11.1. The van der Waals surface area contributed by atoms with Crippen LogP contribution in [0, 0.1) is 6.92 Å². The van der Waals surface area contributed by atoms with Crippen molar-refractivity contribution in [3.8, 4) is 0 Å². The summed E-state index contributed by atoms with van der Waals surface area (Å²) in [6.45, 7) is 4.35. The first-order valence-electron chi connectivity index (χ1n) is 7.75. The average molecular weight is 287 g/mol. The number of aromatic nitrogens is 2. The highest BCUT2D eigenvalue weighted by Gasteiger charge is 2.21. The molecule has 0 fully saturated rings. The molecular formula is C19H17N3. The Hall–Kier alpha value is -2.55. The third kappa shape index (κ3) is 1.34. The molecule has 0 unspecified atom stereocenters. The van der Waals surface area contributed by atoms with Crippen molar-refractivity contribution < 1.29 is 0 Å². The van der Waals surface area contributed by atoms with Crippen molar-refractivity contribution in [2.45, 2.75) is 13.5 Å². The fraction of sp³-hybridized carbons (Fsp3) is 0.211. The maximum absolute atomic E-state index is 4.29. The number of benzene rings is 2. The Balaban J connectivity index is 2.10. The lowest BCUT2D eigenvalue weighted by Crippen LogP contribution is -2.27. The summed E-state index contributed by atoms with van der Waals surface area (Å²) in [5, 5.41) is 5.24. The minimum Gasteiger partial charge on any atom is -0.371 e. The lowest BCUT2D eigenvalue weighted by molar-refractivity contribution is 0.702. The zero-order chi connectivity index (χ0) is 14.8. The Morgan fingerprint density at radius 1 is 1.00 bits per heavy atom. The molecule has 0 bridgehead atoms. The molecule has 0 aliphatic carbocycles. The topological polar surface area (TPSA) is 21.1 Å². The van der Waals surface area contributed by atoms with Crippen LogP contribution in [-0.2, 0) is 6.54 Å². The SMILES string of the molecule is Cc1c2ccncc2cc2c3cccc4c3n(c12)CCN4C. The first kappa shape index (κ1) is 12.0. The molecule has 1 aliphatic heterocycles. The van der Waals surface area contributed by atoms with Crippen molar-refractivity contribution in [1.29, 1.82) is 0 Å². The number of hydrogen-bond donors (Lipinski definition) is 0. The molecule has 108 valence electrons. The number of hydrogen-bond acceptors (Lipinski definition) is 2. The van der Waals surface area contributed by atoms with Gasteiger partial charge < -0.3 is 9.47 Å². The van der Waals surface area contributed by atoms with Crippen LogP contribution in [0.4, 0.5) is 5.69 Å². The van der Waals surface area contributed by atoms with E-state index in [4.69, 9.17) is 0 Å². The highest BCUT2D eigenvalue weighted by atomic mass is 15.2. The van der Waals surface area contributed by atoms with Gasteiger partial charge in [0.15, 0.2) is 0 Å². The van der Waals surface area contributed by atoms with E-state index < -0.39 is 0 Å². The van der Waals surface area contributed by atoms with Gasteiger partial charge in [0, 0.05) is 48.7 Å². The van der Waals surface area contributed by atoms with Gasteiger partial charge in [-0.15, -0.1) is 0 Å². The van der Waals surface area contributed by atoms with Crippen LogP contribution in [0.2, 0.25) is 0 Å². The van der Waals surface area contributed by atoms with Gasteiger partial charge in [-0.2, -0.15) is 0 Å². The van der Waals surface area contributed by atoms with Gasteiger partial charge in [0.05, 0.1) is 16.7 Å². The van der Waals surface area contributed by atoms with Crippen LogP contribution in [0.1, 0.15) is 5.56 Å². The number of aryl methyl sites for hydroxylation is 1. The van der Waals surface area contributed by atoms with E-state index in [-0.39, 0.29) is 0 Å². The Morgan fingerprint density at radius 3 is 2.82 bits per heavy atom. The van der Waals surface area contributed by atoms with Crippen molar-refractivity contribution >= 4 is 38.3 Å². The molecule has 0 spiro atoms. The second-order valence-corrected chi connectivity index (χ2v) is 6.24. The van der Waals surface area contributed by atoms with Crippen LogP contribution in [0.5, 0.6) is 0 Å². The average Bonchev–Trinajstić information content (AvgIpc) is 2.87. The normalized spacial score (nSPS) is 14.4. The molecule has 0 amide bonds. The summed E-state index contributed by atoms with van der Waals surface area (Å²) in [4.78, 5) is 6.65. The molecule has 0 radical (unpaired) electrons. The van der Waals surface area contributed by atoms with E-state index in [1.54, 1.807) is 0 Å². The standard InChI is InChI=1S/C19H17N3/c1-12-14-6-7-20-11-13(14)10-16-15-4-3-5-17-19(15)22(18(12)16)9-8-21(17)2/h3-7,10-11H,8-9H2,1-2H3. The van der Waals surface area contributed by atoms with Gasteiger partial charge in [-0.3, -0.25) is 4.98 Å². The molecule has 3 heteroatoms. The number of anilines is 1. The van der Waals surface area contributed by atoms with E-state index >= 15 is 0 Å². The number of nitrogens with zero attached hydrogens (tertiary/aromatic N) is 3.